The number of morpholine rings is 1. The molecular formula is C24H25FN6O2. The van der Waals surface area contributed by atoms with Crippen molar-refractivity contribution in [1.82, 2.24) is 19.4 Å². The molecule has 2 aromatic carbocycles. The molecule has 33 heavy (non-hydrogen) atoms. The normalized spacial score (nSPS) is 14.7. The first-order valence-electron chi connectivity index (χ1n) is 11.0. The van der Waals surface area contributed by atoms with Crippen molar-refractivity contribution in [3.63, 3.8) is 0 Å². The number of aromatic nitrogens is 3. The summed E-state index contributed by atoms with van der Waals surface area (Å²) in [6.07, 6.45) is 0.841. The van der Waals surface area contributed by atoms with E-state index in [9.17, 15) is 9.18 Å². The SMILES string of the molecule is Nc1c(C(=O)Nc2cccc(F)c2)c2nc3ccccc3nc2n1CCCN1CCOCC1. The lowest BCUT2D eigenvalue weighted by Crippen LogP contribution is -2.37. The van der Waals surface area contributed by atoms with Gasteiger partial charge in [0, 0.05) is 31.9 Å². The van der Waals surface area contributed by atoms with Crippen LogP contribution in [-0.4, -0.2) is 58.2 Å². The Hall–Kier alpha value is -3.56. The van der Waals surface area contributed by atoms with E-state index in [2.05, 4.69) is 10.2 Å². The molecule has 1 aliphatic rings. The summed E-state index contributed by atoms with van der Waals surface area (Å²) < 4.78 is 20.9. The van der Waals surface area contributed by atoms with Gasteiger partial charge in [0.25, 0.3) is 5.91 Å². The van der Waals surface area contributed by atoms with Crippen LogP contribution in [0.3, 0.4) is 0 Å². The number of nitrogens with one attached hydrogen (secondary N) is 1. The number of para-hydroxylation sites is 2. The molecule has 0 bridgehead atoms. The van der Waals surface area contributed by atoms with Crippen molar-refractivity contribution in [2.45, 2.75) is 13.0 Å². The summed E-state index contributed by atoms with van der Waals surface area (Å²) in [6, 6.07) is 13.2. The fraction of sp³-hybridized carbons (Fsp3) is 0.292. The van der Waals surface area contributed by atoms with Crippen molar-refractivity contribution < 1.29 is 13.9 Å². The molecule has 0 saturated carbocycles. The molecule has 0 radical (unpaired) electrons. The Labute approximate surface area is 190 Å². The topological polar surface area (TPSA) is 98.3 Å². The number of ether oxygens (including phenoxy) is 1. The minimum atomic E-state index is -0.445. The first kappa shape index (κ1) is 21.3. The van der Waals surface area contributed by atoms with E-state index in [1.54, 1.807) is 6.07 Å². The van der Waals surface area contributed by atoms with Crippen LogP contribution in [0.1, 0.15) is 16.8 Å². The summed E-state index contributed by atoms with van der Waals surface area (Å²) in [7, 11) is 0. The number of nitrogens with zero attached hydrogens (tertiary/aromatic N) is 4. The third kappa shape index (κ3) is 4.37. The van der Waals surface area contributed by atoms with Crippen LogP contribution in [0, 0.1) is 5.82 Å². The maximum Gasteiger partial charge on any atom is 0.261 e. The number of fused-ring (bicyclic) bond motifs is 2. The molecule has 5 rings (SSSR count). The van der Waals surface area contributed by atoms with Gasteiger partial charge in [-0.3, -0.25) is 9.69 Å². The van der Waals surface area contributed by atoms with Gasteiger partial charge in [0.05, 0.1) is 24.2 Å². The number of carbonyl (C=O) groups excluding carboxylic acids is 1. The largest absolute Gasteiger partial charge is 0.384 e. The minimum Gasteiger partial charge on any atom is -0.384 e. The van der Waals surface area contributed by atoms with Crippen molar-refractivity contribution in [3.05, 3.63) is 59.9 Å². The molecule has 3 heterocycles. The van der Waals surface area contributed by atoms with E-state index in [1.165, 1.54) is 18.2 Å². The number of nitrogens with two attached hydrogens (primary N) is 1. The first-order chi connectivity index (χ1) is 16.1. The van der Waals surface area contributed by atoms with E-state index in [0.29, 0.717) is 34.7 Å². The number of anilines is 2. The summed E-state index contributed by atoms with van der Waals surface area (Å²) in [4.78, 5) is 25.1. The molecule has 170 valence electrons. The quantitative estimate of drug-likeness (QED) is 0.470. The third-order valence-corrected chi connectivity index (χ3v) is 5.86. The molecular weight excluding hydrogens is 423 g/mol. The van der Waals surface area contributed by atoms with Crippen molar-refractivity contribution >= 4 is 39.6 Å². The molecule has 0 spiro atoms. The van der Waals surface area contributed by atoms with Crippen molar-refractivity contribution in [2.24, 2.45) is 0 Å². The standard InChI is InChI=1S/C24H25FN6O2/c25-16-5-3-6-17(15-16)27-24(32)20-21-23(29-19-8-2-1-7-18(19)28-21)31(22(20)26)10-4-9-30-11-13-33-14-12-30/h1-3,5-8,15H,4,9-14,26H2,(H,27,32). The molecule has 0 atom stereocenters. The van der Waals surface area contributed by atoms with Crippen LogP contribution >= 0.6 is 0 Å². The van der Waals surface area contributed by atoms with Gasteiger partial charge in [-0.2, -0.15) is 0 Å². The van der Waals surface area contributed by atoms with Gasteiger partial charge in [-0.15, -0.1) is 0 Å². The Morgan fingerprint density at radius 3 is 2.58 bits per heavy atom. The summed E-state index contributed by atoms with van der Waals surface area (Å²) in [5, 5.41) is 2.74. The van der Waals surface area contributed by atoms with Crippen molar-refractivity contribution in [1.29, 1.82) is 0 Å². The van der Waals surface area contributed by atoms with Crippen LogP contribution in [0.2, 0.25) is 0 Å². The molecule has 1 fully saturated rings. The van der Waals surface area contributed by atoms with Crippen molar-refractivity contribution in [2.75, 3.05) is 43.9 Å². The van der Waals surface area contributed by atoms with Gasteiger partial charge in [0.1, 0.15) is 22.7 Å². The zero-order chi connectivity index (χ0) is 22.8. The van der Waals surface area contributed by atoms with Gasteiger partial charge in [0.2, 0.25) is 0 Å². The Kier molecular flexibility index (Phi) is 5.89. The fourth-order valence-electron chi connectivity index (χ4n) is 4.20. The Bertz CT molecular complexity index is 1320. The number of hydrogen-bond acceptors (Lipinski definition) is 6. The van der Waals surface area contributed by atoms with E-state index in [0.717, 1.165) is 44.8 Å². The summed E-state index contributed by atoms with van der Waals surface area (Å²) in [5.74, 6) is -0.576. The van der Waals surface area contributed by atoms with Gasteiger partial charge in [-0.1, -0.05) is 18.2 Å². The van der Waals surface area contributed by atoms with Gasteiger partial charge in [-0.05, 0) is 36.8 Å². The first-order valence-corrected chi connectivity index (χ1v) is 11.0. The van der Waals surface area contributed by atoms with Gasteiger partial charge >= 0.3 is 0 Å². The highest BCUT2D eigenvalue weighted by molar-refractivity contribution is 6.16. The smallest absolute Gasteiger partial charge is 0.261 e. The molecule has 9 heteroatoms. The van der Waals surface area contributed by atoms with E-state index in [-0.39, 0.29) is 5.56 Å². The van der Waals surface area contributed by atoms with Crippen molar-refractivity contribution in [3.8, 4) is 0 Å². The zero-order valence-corrected chi connectivity index (χ0v) is 18.1. The number of benzene rings is 2. The molecule has 1 amide bonds. The lowest BCUT2D eigenvalue weighted by atomic mass is 10.2. The molecule has 0 aliphatic carbocycles. The zero-order valence-electron chi connectivity index (χ0n) is 18.1. The van der Waals surface area contributed by atoms with Crippen LogP contribution in [0.15, 0.2) is 48.5 Å². The molecule has 1 aliphatic heterocycles. The molecule has 2 aromatic heterocycles. The van der Waals surface area contributed by atoms with Gasteiger partial charge < -0.3 is 20.4 Å². The average molecular weight is 449 g/mol. The van der Waals surface area contributed by atoms with E-state index < -0.39 is 11.7 Å². The highest BCUT2D eigenvalue weighted by Gasteiger charge is 2.24. The van der Waals surface area contributed by atoms with E-state index in [1.807, 2.05) is 28.8 Å². The maximum absolute atomic E-state index is 13.6. The molecule has 8 nitrogen and oxygen atoms in total. The molecule has 4 aromatic rings. The maximum atomic E-state index is 13.6. The number of nitrogen functional groups attached to an aromatic ring is 1. The average Bonchev–Trinajstić information content (AvgIpc) is 3.08. The summed E-state index contributed by atoms with van der Waals surface area (Å²) >= 11 is 0. The number of rotatable bonds is 6. The number of hydrogen-bond donors (Lipinski definition) is 2. The van der Waals surface area contributed by atoms with Crippen LogP contribution in [-0.2, 0) is 11.3 Å². The monoisotopic (exact) mass is 448 g/mol. The second kappa shape index (κ2) is 9.13. The summed E-state index contributed by atoms with van der Waals surface area (Å²) in [6.45, 7) is 4.81. The van der Waals surface area contributed by atoms with Crippen LogP contribution < -0.4 is 11.1 Å². The molecule has 3 N–H and O–H groups in total. The Morgan fingerprint density at radius 1 is 1.06 bits per heavy atom. The third-order valence-electron chi connectivity index (χ3n) is 5.86. The second-order valence-corrected chi connectivity index (χ2v) is 8.07. The number of amides is 1. The van der Waals surface area contributed by atoms with Crippen LogP contribution in [0.4, 0.5) is 15.9 Å². The van der Waals surface area contributed by atoms with Crippen LogP contribution in [0.5, 0.6) is 0 Å². The fourth-order valence-corrected chi connectivity index (χ4v) is 4.20. The lowest BCUT2D eigenvalue weighted by Gasteiger charge is -2.26. The molecule has 0 unspecified atom stereocenters. The number of aryl methyl sites for hydroxylation is 1. The number of halogens is 1. The lowest BCUT2D eigenvalue weighted by molar-refractivity contribution is 0.0370. The Morgan fingerprint density at radius 2 is 1.82 bits per heavy atom. The second-order valence-electron chi connectivity index (χ2n) is 8.07. The molecule has 1 saturated heterocycles. The van der Waals surface area contributed by atoms with E-state index >= 15 is 0 Å². The highest BCUT2D eigenvalue weighted by Crippen LogP contribution is 2.29. The number of carbonyl (C=O) groups is 1. The van der Waals surface area contributed by atoms with E-state index in [4.69, 9.17) is 20.4 Å². The predicted octanol–water partition coefficient (Wildman–Crippen LogP) is 3.28. The minimum absolute atomic E-state index is 0.249. The van der Waals surface area contributed by atoms with Crippen LogP contribution in [0.25, 0.3) is 22.2 Å². The predicted molar refractivity (Wildman–Crippen MR) is 126 cm³/mol. The van der Waals surface area contributed by atoms with Gasteiger partial charge in [-0.25, -0.2) is 14.4 Å². The summed E-state index contributed by atoms with van der Waals surface area (Å²) in [5.41, 5.74) is 9.50. The highest BCUT2D eigenvalue weighted by atomic mass is 19.1. The Balaban J connectivity index is 1.50. The van der Waals surface area contributed by atoms with Gasteiger partial charge in [0.15, 0.2) is 5.65 Å².